The highest BCUT2D eigenvalue weighted by Crippen LogP contribution is 2.48. The first-order valence-corrected chi connectivity index (χ1v) is 17.2. The summed E-state index contributed by atoms with van der Waals surface area (Å²) in [6.45, 7) is 4.67. The summed E-state index contributed by atoms with van der Waals surface area (Å²) in [5.74, 6) is 3.14. The first kappa shape index (κ1) is 30.3. The van der Waals surface area contributed by atoms with Gasteiger partial charge in [-0.15, -0.1) is 0 Å². The predicted octanol–water partition coefficient (Wildman–Crippen LogP) is 11.7. The van der Waals surface area contributed by atoms with Gasteiger partial charge in [-0.25, -0.2) is 0 Å². The Kier molecular flexibility index (Phi) is 7.89. The molecule has 0 amide bonds. The van der Waals surface area contributed by atoms with E-state index in [0.29, 0.717) is 11.8 Å². The van der Waals surface area contributed by atoms with Gasteiger partial charge in [-0.2, -0.15) is 0 Å². The van der Waals surface area contributed by atoms with Crippen molar-refractivity contribution in [3.63, 3.8) is 0 Å². The molecule has 0 N–H and O–H groups in total. The summed E-state index contributed by atoms with van der Waals surface area (Å²) in [4.78, 5) is 0. The minimum Gasteiger partial charge on any atom is -0.497 e. The molecule has 0 saturated heterocycles. The number of hydrogen-bond acceptors (Lipinski definition) is 2. The number of benzene rings is 4. The number of hydrogen-bond donors (Lipinski definition) is 0. The smallest absolute Gasteiger partial charge is 0.119 e. The molecule has 4 aliphatic rings. The van der Waals surface area contributed by atoms with Crippen molar-refractivity contribution in [3.05, 3.63) is 178 Å². The van der Waals surface area contributed by atoms with Gasteiger partial charge in [0, 0.05) is 23.7 Å². The molecule has 4 aromatic carbocycles. The van der Waals surface area contributed by atoms with Crippen LogP contribution >= 0.6 is 0 Å². The van der Waals surface area contributed by atoms with E-state index in [-0.39, 0.29) is 11.8 Å². The van der Waals surface area contributed by atoms with Crippen LogP contribution in [0.5, 0.6) is 11.5 Å². The summed E-state index contributed by atoms with van der Waals surface area (Å²) in [5.41, 5.74) is 11.5. The zero-order valence-electron chi connectivity index (χ0n) is 28.2. The van der Waals surface area contributed by atoms with Gasteiger partial charge >= 0.3 is 0 Å². The lowest BCUT2D eigenvalue weighted by Gasteiger charge is -2.22. The number of methoxy groups -OCH3 is 2. The zero-order chi connectivity index (χ0) is 32.8. The summed E-state index contributed by atoms with van der Waals surface area (Å²) in [7, 11) is 3.45. The Bertz CT molecular complexity index is 2040. The van der Waals surface area contributed by atoms with E-state index >= 15 is 0 Å². The van der Waals surface area contributed by atoms with Crippen LogP contribution in [0.2, 0.25) is 0 Å². The molecule has 238 valence electrons. The molecule has 0 aliphatic heterocycles. The topological polar surface area (TPSA) is 18.5 Å². The second kappa shape index (κ2) is 12.5. The van der Waals surface area contributed by atoms with Gasteiger partial charge in [0.05, 0.1) is 14.2 Å². The van der Waals surface area contributed by atoms with Crippen molar-refractivity contribution in [1.82, 2.24) is 0 Å². The Labute approximate surface area is 284 Å². The lowest BCUT2D eigenvalue weighted by molar-refractivity contribution is 0.415. The molecule has 0 fully saturated rings. The van der Waals surface area contributed by atoms with Crippen molar-refractivity contribution in [2.45, 2.75) is 38.5 Å². The first-order valence-electron chi connectivity index (χ1n) is 17.2. The number of fused-ring (bicyclic) bond motifs is 2. The van der Waals surface area contributed by atoms with Crippen LogP contribution in [-0.2, 0) is 0 Å². The van der Waals surface area contributed by atoms with E-state index in [0.717, 1.165) is 24.3 Å². The van der Waals surface area contributed by atoms with Crippen LogP contribution in [0.3, 0.4) is 0 Å². The van der Waals surface area contributed by atoms with E-state index in [2.05, 4.69) is 147 Å². The van der Waals surface area contributed by atoms with Crippen LogP contribution in [0.4, 0.5) is 0 Å². The number of ether oxygens (including phenoxy) is 2. The zero-order valence-corrected chi connectivity index (χ0v) is 28.2. The average Bonchev–Trinajstić information content (AvgIpc) is 3.38. The van der Waals surface area contributed by atoms with Crippen LogP contribution in [0.1, 0.15) is 49.7 Å². The van der Waals surface area contributed by atoms with E-state index in [1.807, 2.05) is 0 Å². The Balaban J connectivity index is 1.06. The highest BCUT2D eigenvalue weighted by molar-refractivity contribution is 5.86. The highest BCUT2D eigenvalue weighted by atomic mass is 16.5. The van der Waals surface area contributed by atoms with E-state index in [1.54, 1.807) is 14.2 Å². The highest BCUT2D eigenvalue weighted by Gasteiger charge is 2.33. The van der Waals surface area contributed by atoms with Crippen molar-refractivity contribution >= 4 is 21.5 Å². The molecule has 4 aliphatic carbocycles. The quantitative estimate of drug-likeness (QED) is 0.203. The molecule has 0 bridgehead atoms. The molecule has 8 rings (SSSR count). The van der Waals surface area contributed by atoms with Gasteiger partial charge in [0.2, 0.25) is 0 Å². The largest absolute Gasteiger partial charge is 0.497 e. The standard InChI is InChI=1S/C46H42O2/c1-29-23-45-41(35-15-13-33-27-37(47-3)19-17-31(33)25-35)9-5-7-11-43(45)39(29)21-22-40-30(2)24-46-42(10-6-8-12-44(40)46)36-16-14-34-28-38(48-4)20-18-32(34)26-36/h5-20,23-28,39-42H,21-22H2,1-4H3. The van der Waals surface area contributed by atoms with Gasteiger partial charge < -0.3 is 9.47 Å². The van der Waals surface area contributed by atoms with E-state index in [9.17, 15) is 0 Å². The number of rotatable bonds is 7. The van der Waals surface area contributed by atoms with Crippen LogP contribution < -0.4 is 9.47 Å². The minimum absolute atomic E-state index is 0.239. The molecule has 4 aromatic rings. The molecular weight excluding hydrogens is 585 g/mol. The average molecular weight is 627 g/mol. The maximum Gasteiger partial charge on any atom is 0.119 e. The van der Waals surface area contributed by atoms with Gasteiger partial charge in [0.25, 0.3) is 0 Å². The van der Waals surface area contributed by atoms with E-state index in [1.165, 1.54) is 66.1 Å². The first-order chi connectivity index (χ1) is 23.5. The third kappa shape index (κ3) is 5.40. The maximum atomic E-state index is 5.46. The van der Waals surface area contributed by atoms with Gasteiger partial charge in [0.15, 0.2) is 0 Å². The fourth-order valence-electron chi connectivity index (χ4n) is 8.40. The Morgan fingerprint density at radius 1 is 0.479 bits per heavy atom. The molecule has 2 heteroatoms. The van der Waals surface area contributed by atoms with Crippen molar-refractivity contribution in [2.24, 2.45) is 11.8 Å². The van der Waals surface area contributed by atoms with Crippen LogP contribution in [0, 0.1) is 11.8 Å². The molecule has 0 radical (unpaired) electrons. The Morgan fingerprint density at radius 2 is 0.896 bits per heavy atom. The van der Waals surface area contributed by atoms with Crippen LogP contribution in [0.15, 0.2) is 167 Å². The predicted molar refractivity (Wildman–Crippen MR) is 201 cm³/mol. The Morgan fingerprint density at radius 3 is 1.33 bits per heavy atom. The van der Waals surface area contributed by atoms with Crippen LogP contribution in [-0.4, -0.2) is 14.2 Å². The Hall–Kier alpha value is -5.08. The molecule has 0 heterocycles. The third-order valence-electron chi connectivity index (χ3n) is 10.9. The van der Waals surface area contributed by atoms with Crippen molar-refractivity contribution < 1.29 is 9.47 Å². The van der Waals surface area contributed by atoms with E-state index < -0.39 is 0 Å². The van der Waals surface area contributed by atoms with Gasteiger partial charge in [-0.1, -0.05) is 120 Å². The maximum absolute atomic E-state index is 5.46. The molecule has 48 heavy (non-hydrogen) atoms. The lowest BCUT2D eigenvalue weighted by atomic mass is 9.82. The number of allylic oxidation sites excluding steroid dienone is 16. The summed E-state index contributed by atoms with van der Waals surface area (Å²) >= 11 is 0. The molecule has 4 atom stereocenters. The van der Waals surface area contributed by atoms with Crippen molar-refractivity contribution in [1.29, 1.82) is 0 Å². The summed E-state index contributed by atoms with van der Waals surface area (Å²) < 4.78 is 10.9. The van der Waals surface area contributed by atoms with Gasteiger partial charge in [-0.05, 0) is 106 Å². The summed E-state index contributed by atoms with van der Waals surface area (Å²) in [5, 5.41) is 4.91. The molecule has 4 unspecified atom stereocenters. The minimum atomic E-state index is 0.239. The summed E-state index contributed by atoms with van der Waals surface area (Å²) in [6.07, 6.45) is 25.6. The normalized spacial score (nSPS) is 22.9. The monoisotopic (exact) mass is 626 g/mol. The summed E-state index contributed by atoms with van der Waals surface area (Å²) in [6, 6.07) is 26.4. The molecule has 2 nitrogen and oxygen atoms in total. The second-order valence-electron chi connectivity index (χ2n) is 13.7. The third-order valence-corrected chi connectivity index (χ3v) is 10.9. The van der Waals surface area contributed by atoms with Gasteiger partial charge in [-0.3, -0.25) is 0 Å². The fraction of sp³-hybridized carbons (Fsp3) is 0.217. The SMILES string of the molecule is COc1ccc2cc(C3C=CC=CC4=C3C=C(C)C4CCC3C(C)=CC4=C3C=CC=CC4c3ccc4cc(OC)ccc4c3)ccc2c1. The van der Waals surface area contributed by atoms with Crippen molar-refractivity contribution in [2.75, 3.05) is 14.2 Å². The van der Waals surface area contributed by atoms with Gasteiger partial charge in [0.1, 0.15) is 11.5 Å². The molecule has 0 spiro atoms. The van der Waals surface area contributed by atoms with E-state index in [4.69, 9.17) is 9.47 Å². The second-order valence-corrected chi connectivity index (χ2v) is 13.7. The van der Waals surface area contributed by atoms with Crippen LogP contribution in [0.25, 0.3) is 21.5 Å². The fourth-order valence-corrected chi connectivity index (χ4v) is 8.40. The van der Waals surface area contributed by atoms with Crippen molar-refractivity contribution in [3.8, 4) is 11.5 Å². The molecular formula is C46H42O2. The molecule has 0 saturated carbocycles. The molecule has 0 aromatic heterocycles. The lowest BCUT2D eigenvalue weighted by Crippen LogP contribution is -2.09.